The summed E-state index contributed by atoms with van der Waals surface area (Å²) in [6.07, 6.45) is 3.78. The van der Waals surface area contributed by atoms with Gasteiger partial charge < -0.3 is 14.6 Å². The molecule has 52 heavy (non-hydrogen) atoms. The molecule has 1 fully saturated rings. The number of amides is 3. The topological polar surface area (TPSA) is 269 Å². The molecule has 0 bridgehead atoms. The Morgan fingerprint density at radius 2 is 1.54 bits per heavy atom. The molecule has 0 spiro atoms. The van der Waals surface area contributed by atoms with Gasteiger partial charge in [0.05, 0.1) is 47.3 Å². The highest BCUT2D eigenvalue weighted by atomic mass is 32.2. The smallest absolute Gasteiger partial charge is 0.359 e. The second-order valence-electron chi connectivity index (χ2n) is 10.6. The van der Waals surface area contributed by atoms with E-state index < -0.39 is 88.2 Å². The van der Waals surface area contributed by atoms with Gasteiger partial charge >= 0.3 is 11.9 Å². The van der Waals surface area contributed by atoms with Crippen LogP contribution in [0.4, 0.5) is 5.69 Å². The van der Waals surface area contributed by atoms with Gasteiger partial charge in [0.25, 0.3) is 26.1 Å². The lowest BCUT2D eigenvalue weighted by Crippen LogP contribution is -2.27. The van der Waals surface area contributed by atoms with Gasteiger partial charge in [0.15, 0.2) is 11.4 Å². The van der Waals surface area contributed by atoms with Gasteiger partial charge in [0, 0.05) is 12.8 Å². The molecule has 0 atom stereocenters. The first kappa shape index (κ1) is 37.0. The first-order chi connectivity index (χ1) is 24.5. The van der Waals surface area contributed by atoms with Crippen LogP contribution in [-0.2, 0) is 48.9 Å². The highest BCUT2D eigenvalue weighted by Gasteiger charge is 2.38. The standard InChI is InChI=1S/C31H25N5O14S2/c1-49-30(41)26-20(28(39)35(32-26)18-6-5-7-19(16-18)51(43,44)45)12-10-17(34-24(37)14-15-25(34)38)11-13-21-27(31(42)50-2)33-36(29(21)40)22-8-3-4-9-23(22)52(46,47)48/h3-13,16,39H,14-15H2,1-2H3,(H,43,44,45)(H,46,47,48)/b12-10+,17-11-,21-13?. The van der Waals surface area contributed by atoms with E-state index in [4.69, 9.17) is 9.47 Å². The Kier molecular flexibility index (Phi) is 10.1. The number of hydrazone groups is 1. The lowest BCUT2D eigenvalue weighted by molar-refractivity contribution is -0.136. The summed E-state index contributed by atoms with van der Waals surface area (Å²) in [5.74, 6) is -5.39. The number of benzene rings is 2. The monoisotopic (exact) mass is 755 g/mol. The van der Waals surface area contributed by atoms with Crippen molar-refractivity contribution >= 4 is 67.4 Å². The number of anilines is 1. The minimum atomic E-state index is -4.88. The van der Waals surface area contributed by atoms with Crippen LogP contribution in [0.25, 0.3) is 11.8 Å². The number of nitrogens with zero attached hydrogens (tertiary/aromatic N) is 5. The van der Waals surface area contributed by atoms with Gasteiger partial charge in [0.1, 0.15) is 4.90 Å². The fraction of sp³-hybridized carbons (Fsp3) is 0.129. The molecule has 21 heteroatoms. The van der Waals surface area contributed by atoms with Crippen LogP contribution >= 0.6 is 0 Å². The molecule has 0 radical (unpaired) electrons. The fourth-order valence-corrected chi connectivity index (χ4v) is 6.20. The van der Waals surface area contributed by atoms with Gasteiger partial charge in [-0.15, -0.1) is 0 Å². The van der Waals surface area contributed by atoms with E-state index in [2.05, 4.69) is 10.2 Å². The normalized spacial score (nSPS) is 16.3. The van der Waals surface area contributed by atoms with E-state index in [9.17, 15) is 55.0 Å². The van der Waals surface area contributed by atoms with Crippen molar-refractivity contribution in [2.75, 3.05) is 19.2 Å². The van der Waals surface area contributed by atoms with Gasteiger partial charge in [-0.1, -0.05) is 18.2 Å². The Hall–Kier alpha value is -6.29. The van der Waals surface area contributed by atoms with Gasteiger partial charge in [0.2, 0.25) is 17.7 Å². The number of imide groups is 1. The Balaban J connectivity index is 1.65. The van der Waals surface area contributed by atoms with Crippen molar-refractivity contribution in [1.29, 1.82) is 0 Å². The van der Waals surface area contributed by atoms with E-state index in [1.807, 2.05) is 0 Å². The third-order valence-corrected chi connectivity index (χ3v) is 9.17. The first-order valence-electron chi connectivity index (χ1n) is 14.5. The number of ether oxygens (including phenoxy) is 2. The predicted octanol–water partition coefficient (Wildman–Crippen LogP) is 1.41. The molecule has 270 valence electrons. The van der Waals surface area contributed by atoms with Crippen molar-refractivity contribution in [3.05, 3.63) is 89.3 Å². The summed E-state index contributed by atoms with van der Waals surface area (Å²) < 4.78 is 76.8. The summed E-state index contributed by atoms with van der Waals surface area (Å²) in [6.45, 7) is 0. The van der Waals surface area contributed by atoms with Crippen LogP contribution in [0.1, 0.15) is 28.9 Å². The second kappa shape index (κ2) is 14.1. The van der Waals surface area contributed by atoms with Crippen molar-refractivity contribution in [3.63, 3.8) is 0 Å². The Bertz CT molecular complexity index is 2390. The molecule has 2 aliphatic rings. The van der Waals surface area contributed by atoms with E-state index in [1.54, 1.807) is 0 Å². The van der Waals surface area contributed by atoms with Gasteiger partial charge in [-0.05, 0) is 54.6 Å². The molecule has 1 saturated heterocycles. The van der Waals surface area contributed by atoms with Gasteiger partial charge in [-0.2, -0.15) is 36.7 Å². The van der Waals surface area contributed by atoms with Crippen LogP contribution < -0.4 is 5.01 Å². The van der Waals surface area contributed by atoms with Crippen LogP contribution in [0.15, 0.2) is 92.9 Å². The quantitative estimate of drug-likeness (QED) is 0.0868. The molecule has 2 aromatic carbocycles. The van der Waals surface area contributed by atoms with E-state index in [0.717, 1.165) is 72.4 Å². The number of methoxy groups -OCH3 is 2. The van der Waals surface area contributed by atoms with E-state index in [-0.39, 0.29) is 29.8 Å². The molecule has 1 aromatic heterocycles. The van der Waals surface area contributed by atoms with E-state index >= 15 is 0 Å². The number of carbonyl (C=O) groups excluding carboxylic acids is 5. The summed E-state index contributed by atoms with van der Waals surface area (Å²) in [4.78, 5) is 64.1. The summed E-state index contributed by atoms with van der Waals surface area (Å²) in [5, 5.41) is 19.6. The number of hydrogen-bond acceptors (Lipinski definition) is 14. The highest BCUT2D eigenvalue weighted by molar-refractivity contribution is 7.86. The molecule has 2 aliphatic heterocycles. The SMILES string of the molecule is COC(=O)C1=NN(c2ccccc2S(=O)(=O)O)C(=O)C1=C/C=C(/C=C/c1c(C(=O)OC)nn(-c2cccc(S(=O)(=O)O)c2)c1O)N1C(=O)CCC1=O. The molecule has 5 rings (SSSR count). The minimum absolute atomic E-state index is 0.114. The van der Waals surface area contributed by atoms with Crippen LogP contribution in [0.3, 0.4) is 0 Å². The Labute approximate surface area is 293 Å². The molecule has 3 N–H and O–H groups in total. The fourth-order valence-electron chi connectivity index (χ4n) is 5.01. The molecule has 0 saturated carbocycles. The Morgan fingerprint density at radius 3 is 2.15 bits per heavy atom. The molecular formula is C31H25N5O14S2. The average Bonchev–Trinajstić information content (AvgIpc) is 3.74. The van der Waals surface area contributed by atoms with Crippen LogP contribution in [0.5, 0.6) is 5.88 Å². The molecular weight excluding hydrogens is 730 g/mol. The molecule has 0 aliphatic carbocycles. The number of hydrogen-bond donors (Lipinski definition) is 3. The van der Waals surface area contributed by atoms with E-state index in [0.29, 0.717) is 5.01 Å². The van der Waals surface area contributed by atoms with Crippen LogP contribution in [0, 0.1) is 0 Å². The number of rotatable bonds is 10. The van der Waals surface area contributed by atoms with Crippen molar-refractivity contribution in [2.24, 2.45) is 5.10 Å². The number of aromatic nitrogens is 2. The number of esters is 2. The number of likely N-dealkylation sites (tertiary alicyclic amines) is 1. The average molecular weight is 756 g/mol. The summed E-state index contributed by atoms with van der Waals surface area (Å²) in [5.41, 5.74) is -2.75. The zero-order valence-corrected chi connectivity index (χ0v) is 28.4. The maximum atomic E-state index is 13.6. The molecule has 3 heterocycles. The number of para-hydroxylation sites is 1. The van der Waals surface area contributed by atoms with Crippen molar-refractivity contribution in [3.8, 4) is 11.6 Å². The maximum Gasteiger partial charge on any atom is 0.359 e. The minimum Gasteiger partial charge on any atom is -0.493 e. The summed E-state index contributed by atoms with van der Waals surface area (Å²) in [7, 11) is -7.56. The molecule has 3 aromatic rings. The molecule has 3 amide bonds. The lowest BCUT2D eigenvalue weighted by atomic mass is 10.1. The van der Waals surface area contributed by atoms with Crippen molar-refractivity contribution in [1.82, 2.24) is 14.7 Å². The zero-order chi connectivity index (χ0) is 38.1. The van der Waals surface area contributed by atoms with Crippen LogP contribution in [-0.4, -0.2) is 95.3 Å². The van der Waals surface area contributed by atoms with E-state index in [1.165, 1.54) is 24.3 Å². The Morgan fingerprint density at radius 1 is 0.885 bits per heavy atom. The number of carbonyl (C=O) groups is 5. The summed E-state index contributed by atoms with van der Waals surface area (Å²) in [6, 6.07) is 9.27. The zero-order valence-electron chi connectivity index (χ0n) is 26.7. The molecule has 19 nitrogen and oxygen atoms in total. The number of allylic oxidation sites excluding steroid dienone is 3. The second-order valence-corrected chi connectivity index (χ2v) is 13.4. The predicted molar refractivity (Wildman–Crippen MR) is 176 cm³/mol. The lowest BCUT2D eigenvalue weighted by Gasteiger charge is -2.15. The van der Waals surface area contributed by atoms with Crippen molar-refractivity contribution in [2.45, 2.75) is 22.6 Å². The highest BCUT2D eigenvalue weighted by Crippen LogP contribution is 2.32. The molecule has 0 unspecified atom stereocenters. The van der Waals surface area contributed by atoms with Gasteiger partial charge in [-0.25, -0.2) is 9.59 Å². The third kappa shape index (κ3) is 7.14. The first-order valence-corrected chi connectivity index (χ1v) is 17.4. The largest absolute Gasteiger partial charge is 0.493 e. The summed E-state index contributed by atoms with van der Waals surface area (Å²) >= 11 is 0. The van der Waals surface area contributed by atoms with Crippen molar-refractivity contribution < 1.29 is 64.5 Å². The number of aromatic hydroxyl groups is 1. The maximum absolute atomic E-state index is 13.6. The van der Waals surface area contributed by atoms with Crippen LogP contribution in [0.2, 0.25) is 0 Å². The third-order valence-electron chi connectivity index (χ3n) is 7.41. The van der Waals surface area contributed by atoms with Gasteiger partial charge in [-0.3, -0.25) is 28.4 Å².